The molecule has 0 amide bonds. The molecule has 1 aliphatic heterocycles. The van der Waals surface area contributed by atoms with E-state index in [-0.39, 0.29) is 0 Å². The van der Waals surface area contributed by atoms with E-state index >= 15 is 0 Å². The number of morpholine rings is 1. The Kier molecular flexibility index (Phi) is 6.75. The van der Waals surface area contributed by atoms with Gasteiger partial charge >= 0.3 is 0 Å². The summed E-state index contributed by atoms with van der Waals surface area (Å²) in [7, 11) is 0. The number of nitrogens with one attached hydrogen (secondary N) is 2. The molecule has 0 aromatic carbocycles. The Labute approximate surface area is 124 Å². The lowest BCUT2D eigenvalue weighted by Gasteiger charge is -2.37. The van der Waals surface area contributed by atoms with Crippen LogP contribution < -0.4 is 10.6 Å². The molecular weight excluding hydrogens is 250 g/mol. The molecule has 1 saturated heterocycles. The number of nitrogens with zero attached hydrogens (tertiary/aromatic N) is 1. The molecule has 2 aliphatic rings. The van der Waals surface area contributed by atoms with Crippen molar-refractivity contribution >= 4 is 0 Å². The molecule has 0 radical (unpaired) electrons. The Morgan fingerprint density at radius 3 is 2.75 bits per heavy atom. The van der Waals surface area contributed by atoms with Crippen LogP contribution in [0.15, 0.2) is 0 Å². The van der Waals surface area contributed by atoms with Gasteiger partial charge in [-0.1, -0.05) is 13.8 Å². The van der Waals surface area contributed by atoms with Crippen LogP contribution in [0.3, 0.4) is 0 Å². The van der Waals surface area contributed by atoms with Gasteiger partial charge in [0.25, 0.3) is 0 Å². The maximum Gasteiger partial charge on any atom is 0.0623 e. The minimum atomic E-state index is 0.596. The fourth-order valence-corrected chi connectivity index (χ4v) is 3.00. The third kappa shape index (κ3) is 6.08. The smallest absolute Gasteiger partial charge is 0.0623 e. The van der Waals surface area contributed by atoms with Crippen molar-refractivity contribution in [1.82, 2.24) is 15.5 Å². The highest BCUT2D eigenvalue weighted by Crippen LogP contribution is 2.21. The van der Waals surface area contributed by atoms with Gasteiger partial charge in [0, 0.05) is 30.7 Å². The summed E-state index contributed by atoms with van der Waals surface area (Å²) in [6.07, 6.45) is 5.19. The molecule has 20 heavy (non-hydrogen) atoms. The van der Waals surface area contributed by atoms with E-state index in [4.69, 9.17) is 4.74 Å². The second-order valence-electron chi connectivity index (χ2n) is 6.80. The van der Waals surface area contributed by atoms with E-state index < -0.39 is 0 Å². The van der Waals surface area contributed by atoms with Crippen molar-refractivity contribution in [2.75, 3.05) is 32.8 Å². The molecule has 2 atom stereocenters. The number of hydrogen-bond acceptors (Lipinski definition) is 4. The lowest BCUT2D eigenvalue weighted by Crippen LogP contribution is -2.49. The van der Waals surface area contributed by atoms with Gasteiger partial charge in [0.05, 0.1) is 13.2 Å². The van der Waals surface area contributed by atoms with E-state index in [1.165, 1.54) is 32.2 Å². The largest absolute Gasteiger partial charge is 0.378 e. The van der Waals surface area contributed by atoms with Gasteiger partial charge in [0.1, 0.15) is 0 Å². The molecular formula is C16H33N3O. The van der Waals surface area contributed by atoms with Crippen LogP contribution in [0.4, 0.5) is 0 Å². The van der Waals surface area contributed by atoms with Crippen LogP contribution in [0.5, 0.6) is 0 Å². The van der Waals surface area contributed by atoms with Crippen LogP contribution in [0.25, 0.3) is 0 Å². The van der Waals surface area contributed by atoms with E-state index in [1.54, 1.807) is 0 Å². The SMILES string of the molecule is CC(C)NCCCN1CCOCC1CC(C)NC1CC1. The van der Waals surface area contributed by atoms with Crippen LogP contribution in [0, 0.1) is 0 Å². The highest BCUT2D eigenvalue weighted by molar-refractivity contribution is 4.86. The lowest BCUT2D eigenvalue weighted by molar-refractivity contribution is -0.0136. The summed E-state index contributed by atoms with van der Waals surface area (Å²) in [6, 6.07) is 2.62. The summed E-state index contributed by atoms with van der Waals surface area (Å²) >= 11 is 0. The molecule has 0 aromatic heterocycles. The van der Waals surface area contributed by atoms with Crippen molar-refractivity contribution in [3.05, 3.63) is 0 Å². The van der Waals surface area contributed by atoms with Crippen LogP contribution in [-0.2, 0) is 4.74 Å². The van der Waals surface area contributed by atoms with Crippen LogP contribution in [-0.4, -0.2) is 61.9 Å². The average Bonchev–Trinajstić information content (AvgIpc) is 3.20. The first-order valence-electron chi connectivity index (χ1n) is 8.46. The maximum absolute atomic E-state index is 5.69. The minimum absolute atomic E-state index is 0.596. The molecule has 2 N–H and O–H groups in total. The van der Waals surface area contributed by atoms with Crippen molar-refractivity contribution in [2.45, 2.75) is 70.6 Å². The lowest BCUT2D eigenvalue weighted by atomic mass is 10.1. The van der Waals surface area contributed by atoms with E-state index in [9.17, 15) is 0 Å². The van der Waals surface area contributed by atoms with Gasteiger partial charge in [-0.15, -0.1) is 0 Å². The summed E-state index contributed by atoms with van der Waals surface area (Å²) in [4.78, 5) is 2.64. The highest BCUT2D eigenvalue weighted by Gasteiger charge is 2.27. The monoisotopic (exact) mass is 283 g/mol. The third-order valence-electron chi connectivity index (χ3n) is 4.25. The molecule has 2 unspecified atom stereocenters. The quantitative estimate of drug-likeness (QED) is 0.630. The van der Waals surface area contributed by atoms with Crippen molar-refractivity contribution in [3.8, 4) is 0 Å². The predicted octanol–water partition coefficient (Wildman–Crippen LogP) is 1.61. The zero-order chi connectivity index (χ0) is 14.4. The Bertz CT molecular complexity index is 268. The normalized spacial score (nSPS) is 26.1. The number of ether oxygens (including phenoxy) is 1. The molecule has 4 nitrogen and oxygen atoms in total. The zero-order valence-corrected chi connectivity index (χ0v) is 13.5. The molecule has 1 aliphatic carbocycles. The Morgan fingerprint density at radius 1 is 1.25 bits per heavy atom. The topological polar surface area (TPSA) is 36.5 Å². The van der Waals surface area contributed by atoms with Crippen molar-refractivity contribution in [2.24, 2.45) is 0 Å². The van der Waals surface area contributed by atoms with Gasteiger partial charge in [-0.2, -0.15) is 0 Å². The summed E-state index contributed by atoms with van der Waals surface area (Å²) in [6.45, 7) is 12.0. The second kappa shape index (κ2) is 8.32. The molecule has 118 valence electrons. The van der Waals surface area contributed by atoms with E-state index in [0.717, 1.165) is 32.3 Å². The average molecular weight is 283 g/mol. The van der Waals surface area contributed by atoms with Gasteiger partial charge in [-0.05, 0) is 45.7 Å². The number of rotatable bonds is 9. The van der Waals surface area contributed by atoms with Gasteiger partial charge in [0.2, 0.25) is 0 Å². The van der Waals surface area contributed by atoms with Crippen LogP contribution in [0.1, 0.15) is 46.5 Å². The van der Waals surface area contributed by atoms with Crippen LogP contribution >= 0.6 is 0 Å². The van der Waals surface area contributed by atoms with E-state index in [0.29, 0.717) is 18.1 Å². The van der Waals surface area contributed by atoms with E-state index in [1.807, 2.05) is 0 Å². The van der Waals surface area contributed by atoms with Crippen molar-refractivity contribution in [3.63, 3.8) is 0 Å². The van der Waals surface area contributed by atoms with Crippen molar-refractivity contribution in [1.29, 1.82) is 0 Å². The van der Waals surface area contributed by atoms with Gasteiger partial charge in [0.15, 0.2) is 0 Å². The molecule has 0 aromatic rings. The highest BCUT2D eigenvalue weighted by atomic mass is 16.5. The Balaban J connectivity index is 1.67. The molecule has 1 heterocycles. The van der Waals surface area contributed by atoms with Gasteiger partial charge in [-0.25, -0.2) is 0 Å². The van der Waals surface area contributed by atoms with Gasteiger partial charge in [-0.3, -0.25) is 4.90 Å². The summed E-state index contributed by atoms with van der Waals surface area (Å²) < 4.78 is 5.69. The summed E-state index contributed by atoms with van der Waals surface area (Å²) in [5.74, 6) is 0. The summed E-state index contributed by atoms with van der Waals surface area (Å²) in [5.41, 5.74) is 0. The molecule has 1 saturated carbocycles. The molecule has 0 bridgehead atoms. The zero-order valence-electron chi connectivity index (χ0n) is 13.5. The molecule has 2 fully saturated rings. The van der Waals surface area contributed by atoms with E-state index in [2.05, 4.69) is 36.3 Å². The minimum Gasteiger partial charge on any atom is -0.378 e. The first kappa shape index (κ1) is 16.2. The number of hydrogen-bond donors (Lipinski definition) is 2. The molecule has 2 rings (SSSR count). The Morgan fingerprint density at radius 2 is 2.05 bits per heavy atom. The molecule has 4 heteroatoms. The second-order valence-corrected chi connectivity index (χ2v) is 6.80. The first-order chi connectivity index (χ1) is 9.65. The molecule has 0 spiro atoms. The maximum atomic E-state index is 5.69. The van der Waals surface area contributed by atoms with Gasteiger partial charge < -0.3 is 15.4 Å². The van der Waals surface area contributed by atoms with Crippen LogP contribution in [0.2, 0.25) is 0 Å². The standard InChI is InChI=1S/C16H33N3O/c1-13(2)17-7-4-8-19-9-10-20-12-16(19)11-14(3)18-15-5-6-15/h13-18H,4-12H2,1-3H3. The predicted molar refractivity (Wildman–Crippen MR) is 84.2 cm³/mol. The fraction of sp³-hybridized carbons (Fsp3) is 1.00. The first-order valence-corrected chi connectivity index (χ1v) is 8.46. The van der Waals surface area contributed by atoms with Crippen molar-refractivity contribution < 1.29 is 4.74 Å². The summed E-state index contributed by atoms with van der Waals surface area (Å²) in [5, 5.41) is 7.21. The Hall–Kier alpha value is -0.160. The fourth-order valence-electron chi connectivity index (χ4n) is 3.00. The third-order valence-corrected chi connectivity index (χ3v) is 4.25.